The first kappa shape index (κ1) is 9.58. The van der Waals surface area contributed by atoms with Crippen molar-refractivity contribution in [2.24, 2.45) is 0 Å². The van der Waals surface area contributed by atoms with Gasteiger partial charge in [-0.05, 0) is 31.0 Å². The molecule has 3 nitrogen and oxygen atoms in total. The van der Waals surface area contributed by atoms with Gasteiger partial charge in [0.1, 0.15) is 11.3 Å². The molecule has 0 unspecified atom stereocenters. The summed E-state index contributed by atoms with van der Waals surface area (Å²) in [5, 5.41) is 9.52. The number of carbonyl (C=O) groups is 1. The van der Waals surface area contributed by atoms with E-state index >= 15 is 0 Å². The first-order valence-electron chi connectivity index (χ1n) is 3.94. The second kappa shape index (κ2) is 3.47. The summed E-state index contributed by atoms with van der Waals surface area (Å²) < 4.78 is 4.53. The number of aromatic hydroxyl groups is 1. The second-order valence-corrected chi connectivity index (χ2v) is 2.97. The molecule has 0 aromatic heterocycles. The summed E-state index contributed by atoms with van der Waals surface area (Å²) in [5.74, 6) is -0.512. The molecule has 1 aromatic rings. The molecule has 0 amide bonds. The van der Waals surface area contributed by atoms with Gasteiger partial charge in [-0.3, -0.25) is 0 Å². The van der Waals surface area contributed by atoms with E-state index in [2.05, 4.69) is 4.74 Å². The van der Waals surface area contributed by atoms with Crippen molar-refractivity contribution in [3.05, 3.63) is 28.8 Å². The SMILES string of the molecule is COC(=O)c1cc(C)cc(C)c1O. The molecule has 0 saturated carbocycles. The van der Waals surface area contributed by atoms with E-state index in [9.17, 15) is 9.90 Å². The van der Waals surface area contributed by atoms with Crippen molar-refractivity contribution in [3.63, 3.8) is 0 Å². The van der Waals surface area contributed by atoms with Gasteiger partial charge in [0.05, 0.1) is 7.11 Å². The molecule has 0 atom stereocenters. The topological polar surface area (TPSA) is 46.5 Å². The van der Waals surface area contributed by atoms with E-state index in [1.165, 1.54) is 7.11 Å². The van der Waals surface area contributed by atoms with Crippen molar-refractivity contribution >= 4 is 5.97 Å². The Balaban J connectivity index is 3.28. The van der Waals surface area contributed by atoms with E-state index in [-0.39, 0.29) is 11.3 Å². The molecule has 0 spiro atoms. The predicted octanol–water partition coefficient (Wildman–Crippen LogP) is 1.80. The predicted molar refractivity (Wildman–Crippen MR) is 48.9 cm³/mol. The molecule has 13 heavy (non-hydrogen) atoms. The maximum Gasteiger partial charge on any atom is 0.341 e. The van der Waals surface area contributed by atoms with Crippen LogP contribution in [0.4, 0.5) is 0 Å². The zero-order valence-corrected chi connectivity index (χ0v) is 7.92. The van der Waals surface area contributed by atoms with Gasteiger partial charge < -0.3 is 9.84 Å². The molecule has 0 aliphatic rings. The number of aryl methyl sites for hydroxylation is 2. The standard InChI is InChI=1S/C10H12O3/c1-6-4-7(2)9(11)8(5-6)10(12)13-3/h4-5,11H,1-3H3. The Bertz CT molecular complexity index is 342. The molecule has 0 heterocycles. The molecule has 0 aliphatic carbocycles. The van der Waals surface area contributed by atoms with Crippen LogP contribution >= 0.6 is 0 Å². The van der Waals surface area contributed by atoms with Crippen LogP contribution in [-0.4, -0.2) is 18.2 Å². The molecule has 0 fully saturated rings. The first-order valence-corrected chi connectivity index (χ1v) is 3.94. The van der Waals surface area contributed by atoms with Crippen LogP contribution in [0, 0.1) is 13.8 Å². The summed E-state index contributed by atoms with van der Waals surface area (Å²) >= 11 is 0. The number of benzene rings is 1. The van der Waals surface area contributed by atoms with E-state index in [4.69, 9.17) is 0 Å². The minimum atomic E-state index is -0.510. The lowest BCUT2D eigenvalue weighted by Gasteiger charge is -2.06. The summed E-state index contributed by atoms with van der Waals surface area (Å²) in [6.45, 7) is 3.60. The fraction of sp³-hybridized carbons (Fsp3) is 0.300. The fourth-order valence-electron chi connectivity index (χ4n) is 1.23. The number of carbonyl (C=O) groups excluding carboxylic acids is 1. The summed E-state index contributed by atoms with van der Waals surface area (Å²) in [4.78, 5) is 11.2. The summed E-state index contributed by atoms with van der Waals surface area (Å²) in [6, 6.07) is 3.41. The van der Waals surface area contributed by atoms with Gasteiger partial charge in [-0.1, -0.05) is 6.07 Å². The number of phenolic OH excluding ortho intramolecular Hbond substituents is 1. The van der Waals surface area contributed by atoms with Crippen molar-refractivity contribution in [1.29, 1.82) is 0 Å². The van der Waals surface area contributed by atoms with E-state index in [0.717, 1.165) is 5.56 Å². The van der Waals surface area contributed by atoms with Gasteiger partial charge in [0.15, 0.2) is 0 Å². The van der Waals surface area contributed by atoms with Gasteiger partial charge >= 0.3 is 5.97 Å². The lowest BCUT2D eigenvalue weighted by atomic mass is 10.1. The van der Waals surface area contributed by atoms with Crippen molar-refractivity contribution in [1.82, 2.24) is 0 Å². The van der Waals surface area contributed by atoms with Crippen LogP contribution in [0.2, 0.25) is 0 Å². The molecule has 0 aliphatic heterocycles. The quantitative estimate of drug-likeness (QED) is 0.670. The van der Waals surface area contributed by atoms with Crippen LogP contribution in [0.5, 0.6) is 5.75 Å². The molecule has 1 rings (SSSR count). The summed E-state index contributed by atoms with van der Waals surface area (Å²) in [7, 11) is 1.29. The highest BCUT2D eigenvalue weighted by molar-refractivity contribution is 5.93. The third-order valence-electron chi connectivity index (χ3n) is 1.85. The Hall–Kier alpha value is -1.51. The van der Waals surface area contributed by atoms with Gasteiger partial charge in [-0.2, -0.15) is 0 Å². The lowest BCUT2D eigenvalue weighted by Crippen LogP contribution is -2.02. The number of hydrogen-bond acceptors (Lipinski definition) is 3. The lowest BCUT2D eigenvalue weighted by molar-refractivity contribution is 0.0597. The number of hydrogen-bond donors (Lipinski definition) is 1. The highest BCUT2D eigenvalue weighted by Gasteiger charge is 2.13. The molecule has 3 heteroatoms. The van der Waals surface area contributed by atoms with Gasteiger partial charge in [0, 0.05) is 0 Å². The van der Waals surface area contributed by atoms with Crippen LogP contribution in [0.15, 0.2) is 12.1 Å². The van der Waals surface area contributed by atoms with Gasteiger partial charge in [0.2, 0.25) is 0 Å². The average Bonchev–Trinajstić information content (AvgIpc) is 2.10. The van der Waals surface area contributed by atoms with E-state index in [0.29, 0.717) is 5.56 Å². The Morgan fingerprint density at radius 3 is 2.54 bits per heavy atom. The third-order valence-corrected chi connectivity index (χ3v) is 1.85. The highest BCUT2D eigenvalue weighted by atomic mass is 16.5. The average molecular weight is 180 g/mol. The van der Waals surface area contributed by atoms with Crippen molar-refractivity contribution in [2.75, 3.05) is 7.11 Å². The van der Waals surface area contributed by atoms with Crippen molar-refractivity contribution in [2.45, 2.75) is 13.8 Å². The maximum atomic E-state index is 11.2. The van der Waals surface area contributed by atoms with Gasteiger partial charge in [0.25, 0.3) is 0 Å². The number of esters is 1. The van der Waals surface area contributed by atoms with Gasteiger partial charge in [-0.25, -0.2) is 4.79 Å². The van der Waals surface area contributed by atoms with Crippen LogP contribution < -0.4 is 0 Å². The molecule has 0 saturated heterocycles. The van der Waals surface area contributed by atoms with Gasteiger partial charge in [-0.15, -0.1) is 0 Å². The Kier molecular flexibility index (Phi) is 2.56. The third kappa shape index (κ3) is 1.80. The minimum absolute atomic E-state index is 0.00236. The van der Waals surface area contributed by atoms with Crippen LogP contribution in [0.1, 0.15) is 21.5 Å². The molecular formula is C10H12O3. The Morgan fingerprint density at radius 1 is 1.38 bits per heavy atom. The molecule has 1 N–H and O–H groups in total. The Morgan fingerprint density at radius 2 is 2.00 bits per heavy atom. The number of rotatable bonds is 1. The number of phenols is 1. The largest absolute Gasteiger partial charge is 0.507 e. The monoisotopic (exact) mass is 180 g/mol. The van der Waals surface area contributed by atoms with Crippen molar-refractivity contribution < 1.29 is 14.6 Å². The number of ether oxygens (including phenoxy) is 1. The van der Waals surface area contributed by atoms with Crippen LogP contribution in [-0.2, 0) is 4.74 Å². The minimum Gasteiger partial charge on any atom is -0.507 e. The molecule has 0 bridgehead atoms. The maximum absolute atomic E-state index is 11.2. The molecule has 1 aromatic carbocycles. The zero-order chi connectivity index (χ0) is 10.0. The van der Waals surface area contributed by atoms with E-state index in [1.807, 2.05) is 13.0 Å². The normalized spacial score (nSPS) is 9.77. The van der Waals surface area contributed by atoms with Crippen LogP contribution in [0.3, 0.4) is 0 Å². The smallest absolute Gasteiger partial charge is 0.341 e. The van der Waals surface area contributed by atoms with E-state index in [1.54, 1.807) is 13.0 Å². The first-order chi connectivity index (χ1) is 6.06. The molecule has 70 valence electrons. The second-order valence-electron chi connectivity index (χ2n) is 2.97. The Labute approximate surface area is 77.0 Å². The fourth-order valence-corrected chi connectivity index (χ4v) is 1.23. The molecular weight excluding hydrogens is 168 g/mol. The van der Waals surface area contributed by atoms with Crippen LogP contribution in [0.25, 0.3) is 0 Å². The highest BCUT2D eigenvalue weighted by Crippen LogP contribution is 2.23. The zero-order valence-electron chi connectivity index (χ0n) is 7.92. The summed E-state index contributed by atoms with van der Waals surface area (Å²) in [5.41, 5.74) is 1.83. The molecule has 0 radical (unpaired) electrons. The number of methoxy groups -OCH3 is 1. The van der Waals surface area contributed by atoms with Crippen molar-refractivity contribution in [3.8, 4) is 5.75 Å². The van der Waals surface area contributed by atoms with E-state index < -0.39 is 5.97 Å². The summed E-state index contributed by atoms with van der Waals surface area (Å²) in [6.07, 6.45) is 0.